The van der Waals surface area contributed by atoms with E-state index in [4.69, 9.17) is 5.26 Å². The Balaban J connectivity index is 1.39. The van der Waals surface area contributed by atoms with Crippen LogP contribution >= 0.6 is 0 Å². The summed E-state index contributed by atoms with van der Waals surface area (Å²) in [5.41, 5.74) is 2.18. The van der Waals surface area contributed by atoms with Crippen molar-refractivity contribution >= 4 is 5.97 Å². The number of nitriles is 1. The number of rotatable bonds is 9. The van der Waals surface area contributed by atoms with Gasteiger partial charge < -0.3 is 15.3 Å². The summed E-state index contributed by atoms with van der Waals surface area (Å²) >= 11 is 0. The average Bonchev–Trinajstić information content (AvgIpc) is 3.51. The lowest BCUT2D eigenvalue weighted by Gasteiger charge is -2.47. The lowest BCUT2D eigenvalue weighted by atomic mass is 9.67. The number of carboxylic acids is 1. The zero-order valence-electron chi connectivity index (χ0n) is 17.3. The third kappa shape index (κ3) is 4.82. The Morgan fingerprint density at radius 2 is 1.79 bits per heavy atom. The third-order valence-electron chi connectivity index (χ3n) is 7.44. The van der Waals surface area contributed by atoms with Crippen molar-refractivity contribution in [1.82, 2.24) is 10.2 Å². The van der Waals surface area contributed by atoms with E-state index in [9.17, 15) is 9.90 Å². The molecule has 0 amide bonds. The summed E-state index contributed by atoms with van der Waals surface area (Å²) in [6, 6.07) is 11.5. The maximum absolute atomic E-state index is 11.7. The van der Waals surface area contributed by atoms with E-state index >= 15 is 0 Å². The van der Waals surface area contributed by atoms with Crippen molar-refractivity contribution in [2.24, 2.45) is 10.8 Å². The van der Waals surface area contributed by atoms with Crippen molar-refractivity contribution in [2.75, 3.05) is 26.2 Å². The molecule has 0 unspecified atom stereocenters. The van der Waals surface area contributed by atoms with E-state index in [1.54, 1.807) is 0 Å². The van der Waals surface area contributed by atoms with Crippen molar-refractivity contribution in [3.8, 4) is 6.07 Å². The van der Waals surface area contributed by atoms with Crippen molar-refractivity contribution in [1.29, 1.82) is 5.26 Å². The fourth-order valence-electron chi connectivity index (χ4n) is 5.02. The van der Waals surface area contributed by atoms with E-state index in [1.165, 1.54) is 18.4 Å². The summed E-state index contributed by atoms with van der Waals surface area (Å²) in [6.45, 7) is 3.76. The van der Waals surface area contributed by atoms with Gasteiger partial charge in [0.15, 0.2) is 0 Å². The number of piperidine rings is 1. The average molecular weight is 396 g/mol. The highest BCUT2D eigenvalue weighted by atomic mass is 16.4. The number of nitrogens with zero attached hydrogens (tertiary/aromatic N) is 2. The molecule has 1 heterocycles. The highest BCUT2D eigenvalue weighted by Gasteiger charge is 2.46. The van der Waals surface area contributed by atoms with Gasteiger partial charge in [0, 0.05) is 19.1 Å². The molecule has 1 saturated heterocycles. The minimum atomic E-state index is -0.603. The molecule has 156 valence electrons. The van der Waals surface area contributed by atoms with E-state index in [2.05, 4.69) is 40.6 Å². The van der Waals surface area contributed by atoms with Crippen LogP contribution in [-0.4, -0.2) is 48.2 Å². The quantitative estimate of drug-likeness (QED) is 0.670. The summed E-state index contributed by atoms with van der Waals surface area (Å²) in [4.78, 5) is 14.1. The number of hydrogen-bond donors (Lipinski definition) is 2. The Morgan fingerprint density at radius 3 is 2.31 bits per heavy atom. The Hall–Kier alpha value is -1.90. The first-order chi connectivity index (χ1) is 14.0. The van der Waals surface area contributed by atoms with Gasteiger partial charge in [-0.2, -0.15) is 5.26 Å². The maximum Gasteiger partial charge on any atom is 0.310 e. The molecule has 2 aliphatic carbocycles. The molecular formula is C24H33N3O2. The van der Waals surface area contributed by atoms with Gasteiger partial charge in [-0.15, -0.1) is 0 Å². The summed E-state index contributed by atoms with van der Waals surface area (Å²) in [7, 11) is 0. The zero-order valence-corrected chi connectivity index (χ0v) is 17.3. The van der Waals surface area contributed by atoms with Gasteiger partial charge in [0.25, 0.3) is 0 Å². The molecule has 2 N–H and O–H groups in total. The number of aliphatic carboxylic acids is 1. The summed E-state index contributed by atoms with van der Waals surface area (Å²) in [6.07, 6.45) is 9.07. The molecule has 5 nitrogen and oxygen atoms in total. The van der Waals surface area contributed by atoms with Crippen LogP contribution in [0.4, 0.5) is 0 Å². The molecule has 3 fully saturated rings. The van der Waals surface area contributed by atoms with Crippen LogP contribution in [0.25, 0.3) is 0 Å². The van der Waals surface area contributed by atoms with Gasteiger partial charge in [0.1, 0.15) is 0 Å². The van der Waals surface area contributed by atoms with Crippen molar-refractivity contribution in [2.45, 2.75) is 63.8 Å². The highest BCUT2D eigenvalue weighted by Crippen LogP contribution is 2.43. The second-order valence-corrected chi connectivity index (χ2v) is 9.70. The third-order valence-corrected chi connectivity index (χ3v) is 7.44. The number of carbonyl (C=O) groups is 1. The normalized spacial score (nSPS) is 23.1. The summed E-state index contributed by atoms with van der Waals surface area (Å²) in [5.74, 6) is -0.603. The van der Waals surface area contributed by atoms with Gasteiger partial charge in [-0.25, -0.2) is 0 Å². The zero-order chi connectivity index (χ0) is 20.3. The van der Waals surface area contributed by atoms with Crippen LogP contribution in [0.5, 0.6) is 0 Å². The molecule has 5 heteroatoms. The number of carboxylic acid groups (broad SMARTS) is 1. The maximum atomic E-state index is 11.7. The molecule has 0 bridgehead atoms. The van der Waals surface area contributed by atoms with Gasteiger partial charge in [-0.05, 0) is 74.6 Å². The molecule has 1 aromatic carbocycles. The number of nitrogens with one attached hydrogen (secondary N) is 1. The van der Waals surface area contributed by atoms with Gasteiger partial charge in [-0.1, -0.05) is 30.7 Å². The second-order valence-electron chi connectivity index (χ2n) is 9.70. The predicted octanol–water partition coefficient (Wildman–Crippen LogP) is 3.38. The van der Waals surface area contributed by atoms with Crippen LogP contribution in [0.15, 0.2) is 24.3 Å². The molecule has 1 aliphatic heterocycles. The predicted molar refractivity (Wildman–Crippen MR) is 113 cm³/mol. The minimum absolute atomic E-state index is 0.242. The van der Waals surface area contributed by atoms with E-state index in [-0.39, 0.29) is 5.41 Å². The number of likely N-dealkylation sites (tertiary alicyclic amines) is 1. The Bertz CT molecular complexity index is 751. The molecule has 2 saturated carbocycles. The lowest BCUT2D eigenvalue weighted by Crippen LogP contribution is -2.52. The van der Waals surface area contributed by atoms with Crippen LogP contribution in [-0.2, 0) is 17.6 Å². The number of hydrogen-bond acceptors (Lipinski definition) is 4. The minimum Gasteiger partial charge on any atom is -0.481 e. The highest BCUT2D eigenvalue weighted by molar-refractivity contribution is 5.76. The fraction of sp³-hybridized carbons (Fsp3) is 0.667. The monoisotopic (exact) mass is 395 g/mol. The first-order valence-corrected chi connectivity index (χ1v) is 11.2. The topological polar surface area (TPSA) is 76.4 Å². The van der Waals surface area contributed by atoms with Gasteiger partial charge in [0.2, 0.25) is 0 Å². The number of benzene rings is 1. The van der Waals surface area contributed by atoms with Crippen LogP contribution in [0.2, 0.25) is 0 Å². The second kappa shape index (κ2) is 8.45. The van der Waals surface area contributed by atoms with E-state index in [1.807, 2.05) is 0 Å². The first-order valence-electron chi connectivity index (χ1n) is 11.2. The lowest BCUT2D eigenvalue weighted by molar-refractivity contribution is -0.156. The molecule has 0 aromatic heterocycles. The molecule has 4 rings (SSSR count). The molecule has 29 heavy (non-hydrogen) atoms. The Kier molecular flexibility index (Phi) is 5.94. The van der Waals surface area contributed by atoms with Crippen molar-refractivity contribution in [3.63, 3.8) is 0 Å². The summed E-state index contributed by atoms with van der Waals surface area (Å²) < 4.78 is 0. The van der Waals surface area contributed by atoms with Crippen LogP contribution in [0.1, 0.15) is 56.1 Å². The molecule has 0 atom stereocenters. The summed E-state index contributed by atoms with van der Waals surface area (Å²) in [5, 5.41) is 22.3. The van der Waals surface area contributed by atoms with Crippen LogP contribution in [0, 0.1) is 22.2 Å². The molecule has 1 aromatic rings. The molecule has 3 aliphatic rings. The molecular weight excluding hydrogens is 362 g/mol. The van der Waals surface area contributed by atoms with Gasteiger partial charge in [-0.3, -0.25) is 4.79 Å². The molecule has 0 radical (unpaired) electrons. The standard InChI is InChI=1S/C24H33N3O2/c25-13-8-19-2-4-20(5-3-19)16-23(17-26-21-6-7-21)11-14-27(15-12-23)18-24(22(28)29)9-1-10-24/h2-5,21,26H,1,6-12,14-18H2,(H,28,29). The van der Waals surface area contributed by atoms with Crippen molar-refractivity contribution in [3.05, 3.63) is 35.4 Å². The SMILES string of the molecule is N#CCc1ccc(CC2(CNC3CC3)CCN(CC3(C(=O)O)CCC3)CC2)cc1. The Morgan fingerprint density at radius 1 is 1.14 bits per heavy atom. The van der Waals surface area contributed by atoms with E-state index in [0.29, 0.717) is 12.5 Å². The smallest absolute Gasteiger partial charge is 0.310 e. The van der Waals surface area contributed by atoms with E-state index in [0.717, 1.165) is 70.3 Å². The first kappa shape index (κ1) is 20.4. The van der Waals surface area contributed by atoms with Crippen LogP contribution < -0.4 is 5.32 Å². The molecule has 0 spiro atoms. The Labute approximate surface area is 174 Å². The van der Waals surface area contributed by atoms with Crippen LogP contribution in [0.3, 0.4) is 0 Å². The fourth-order valence-corrected chi connectivity index (χ4v) is 5.02. The van der Waals surface area contributed by atoms with Crippen molar-refractivity contribution < 1.29 is 9.90 Å². The van der Waals surface area contributed by atoms with Gasteiger partial charge >= 0.3 is 5.97 Å². The van der Waals surface area contributed by atoms with E-state index < -0.39 is 11.4 Å². The van der Waals surface area contributed by atoms with Gasteiger partial charge in [0.05, 0.1) is 17.9 Å². The largest absolute Gasteiger partial charge is 0.481 e.